The van der Waals surface area contributed by atoms with Crippen LogP contribution < -0.4 is 0 Å². The molecule has 0 fully saturated rings. The minimum absolute atomic E-state index is 0.337. The Morgan fingerprint density at radius 1 is 0.510 bits per heavy atom. The SMILES string of the molecule is C1=Cc2ccc(-c3ccccc3)cc2C2CC=C(c3ccc4oc5cccc(-c6nc(-c7ccccc7)nc(-c7ccccc7)n6)c5c4c3)C=C12. The van der Waals surface area contributed by atoms with E-state index in [9.17, 15) is 0 Å². The van der Waals surface area contributed by atoms with Gasteiger partial charge in [-0.25, -0.2) is 15.0 Å². The molecule has 10 rings (SSSR count). The number of allylic oxidation sites excluding steroid dienone is 5. The molecule has 0 bridgehead atoms. The van der Waals surface area contributed by atoms with Gasteiger partial charge in [-0.2, -0.15) is 0 Å². The minimum Gasteiger partial charge on any atom is -0.456 e. The molecule has 2 aliphatic rings. The molecular weight excluding hydrogens is 623 g/mol. The highest BCUT2D eigenvalue weighted by atomic mass is 16.3. The van der Waals surface area contributed by atoms with E-state index in [4.69, 9.17) is 19.4 Å². The van der Waals surface area contributed by atoms with Gasteiger partial charge in [0.05, 0.1) is 0 Å². The van der Waals surface area contributed by atoms with Gasteiger partial charge in [0, 0.05) is 33.4 Å². The third kappa shape index (κ3) is 5.20. The Balaban J connectivity index is 1.06. The monoisotopic (exact) mass is 653 g/mol. The lowest BCUT2D eigenvalue weighted by Gasteiger charge is -2.28. The highest BCUT2D eigenvalue weighted by molar-refractivity contribution is 6.12. The van der Waals surface area contributed by atoms with Gasteiger partial charge in [0.25, 0.3) is 0 Å². The van der Waals surface area contributed by atoms with Gasteiger partial charge in [0.2, 0.25) is 0 Å². The lowest BCUT2D eigenvalue weighted by atomic mass is 9.76. The number of aromatic nitrogens is 3. The van der Waals surface area contributed by atoms with Crippen LogP contribution in [0.2, 0.25) is 0 Å². The number of furan rings is 1. The van der Waals surface area contributed by atoms with Crippen molar-refractivity contribution in [3.05, 3.63) is 186 Å². The summed E-state index contributed by atoms with van der Waals surface area (Å²) in [5.41, 5.74) is 13.4. The standard InChI is InChI=1S/C47H31N3O/c1-4-11-30(12-5-1)35-21-19-31-20-22-37-27-34(23-25-38(37)40(31)28-35)36-24-26-42-41(29-36)44-39(17-10-18-43(44)51-42)47-49-45(32-13-6-2-7-14-32)48-46(50-47)33-15-8-3-9-16-33/h1-24,26-29,38H,25H2. The fourth-order valence-corrected chi connectivity index (χ4v) is 7.54. The molecule has 0 saturated carbocycles. The molecule has 240 valence electrons. The molecule has 0 aliphatic heterocycles. The zero-order valence-corrected chi connectivity index (χ0v) is 27.7. The average molecular weight is 654 g/mol. The Kier molecular flexibility index (Phi) is 6.91. The van der Waals surface area contributed by atoms with Crippen LogP contribution in [-0.2, 0) is 0 Å². The average Bonchev–Trinajstić information content (AvgIpc) is 3.59. The van der Waals surface area contributed by atoms with E-state index in [0.29, 0.717) is 23.4 Å². The first-order valence-corrected chi connectivity index (χ1v) is 17.4. The molecule has 0 radical (unpaired) electrons. The summed E-state index contributed by atoms with van der Waals surface area (Å²) in [5.74, 6) is 2.22. The third-order valence-corrected chi connectivity index (χ3v) is 10.1. The van der Waals surface area contributed by atoms with E-state index in [1.165, 1.54) is 33.4 Å². The molecule has 2 heterocycles. The zero-order chi connectivity index (χ0) is 33.7. The maximum Gasteiger partial charge on any atom is 0.164 e. The van der Waals surface area contributed by atoms with Crippen LogP contribution in [0.25, 0.3) is 78.9 Å². The van der Waals surface area contributed by atoms with Crippen LogP contribution >= 0.6 is 0 Å². The smallest absolute Gasteiger partial charge is 0.164 e. The van der Waals surface area contributed by atoms with Crippen LogP contribution in [0.3, 0.4) is 0 Å². The van der Waals surface area contributed by atoms with Crippen LogP contribution in [0.1, 0.15) is 29.0 Å². The topological polar surface area (TPSA) is 51.8 Å². The van der Waals surface area contributed by atoms with E-state index in [2.05, 4.69) is 97.1 Å². The molecule has 1 unspecified atom stereocenters. The van der Waals surface area contributed by atoms with Gasteiger partial charge >= 0.3 is 0 Å². The molecule has 1 atom stereocenters. The molecule has 0 amide bonds. The summed E-state index contributed by atoms with van der Waals surface area (Å²) in [6.07, 6.45) is 10.2. The van der Waals surface area contributed by atoms with Gasteiger partial charge in [-0.1, -0.05) is 146 Å². The molecule has 0 saturated heterocycles. The maximum absolute atomic E-state index is 6.44. The van der Waals surface area contributed by atoms with E-state index in [0.717, 1.165) is 50.6 Å². The normalized spacial score (nSPS) is 14.9. The van der Waals surface area contributed by atoms with Crippen molar-refractivity contribution in [1.29, 1.82) is 0 Å². The number of hydrogen-bond acceptors (Lipinski definition) is 4. The van der Waals surface area contributed by atoms with Gasteiger partial charge in [-0.3, -0.25) is 0 Å². The van der Waals surface area contributed by atoms with Crippen molar-refractivity contribution >= 4 is 33.6 Å². The van der Waals surface area contributed by atoms with Crippen LogP contribution in [0.15, 0.2) is 174 Å². The van der Waals surface area contributed by atoms with E-state index in [-0.39, 0.29) is 0 Å². The third-order valence-electron chi connectivity index (χ3n) is 10.1. The van der Waals surface area contributed by atoms with Gasteiger partial charge in [0.1, 0.15) is 11.2 Å². The summed E-state index contributed by atoms with van der Waals surface area (Å²) in [5, 5.41) is 2.04. The molecule has 4 nitrogen and oxygen atoms in total. The van der Waals surface area contributed by atoms with E-state index < -0.39 is 0 Å². The molecule has 6 aromatic carbocycles. The first-order valence-electron chi connectivity index (χ1n) is 17.4. The molecule has 4 heteroatoms. The number of nitrogens with zero attached hydrogens (tertiary/aromatic N) is 3. The predicted octanol–water partition coefficient (Wildman–Crippen LogP) is 12.0. The lowest BCUT2D eigenvalue weighted by molar-refractivity contribution is 0.669. The van der Waals surface area contributed by atoms with Crippen molar-refractivity contribution in [2.45, 2.75) is 12.3 Å². The van der Waals surface area contributed by atoms with Gasteiger partial charge in [-0.15, -0.1) is 0 Å². The first-order chi connectivity index (χ1) is 25.2. The lowest BCUT2D eigenvalue weighted by Crippen LogP contribution is -2.10. The summed E-state index contributed by atoms with van der Waals surface area (Å²) in [4.78, 5) is 15.0. The molecule has 8 aromatic rings. The number of benzene rings is 6. The Labute approximate surface area is 295 Å². The molecule has 0 spiro atoms. The maximum atomic E-state index is 6.44. The van der Waals surface area contributed by atoms with E-state index >= 15 is 0 Å². The molecule has 0 N–H and O–H groups in total. The van der Waals surface area contributed by atoms with Crippen molar-refractivity contribution in [2.75, 3.05) is 0 Å². The second kappa shape index (κ2) is 12.0. The Morgan fingerprint density at radius 3 is 1.90 bits per heavy atom. The summed E-state index contributed by atoms with van der Waals surface area (Å²) in [6, 6.07) is 50.3. The number of rotatable bonds is 5. The molecule has 2 aromatic heterocycles. The highest BCUT2D eigenvalue weighted by Gasteiger charge is 2.25. The van der Waals surface area contributed by atoms with E-state index in [1.54, 1.807) is 0 Å². The molecular formula is C47H31N3O. The van der Waals surface area contributed by atoms with Crippen molar-refractivity contribution in [1.82, 2.24) is 15.0 Å². The first kappa shape index (κ1) is 29.3. The van der Waals surface area contributed by atoms with Gasteiger partial charge < -0.3 is 4.42 Å². The Bertz CT molecular complexity index is 2650. The predicted molar refractivity (Wildman–Crippen MR) is 208 cm³/mol. The van der Waals surface area contributed by atoms with Crippen LogP contribution in [0.4, 0.5) is 0 Å². The largest absolute Gasteiger partial charge is 0.456 e. The van der Waals surface area contributed by atoms with Crippen molar-refractivity contribution in [3.8, 4) is 45.3 Å². The quantitative estimate of drug-likeness (QED) is 0.185. The summed E-state index contributed by atoms with van der Waals surface area (Å²) >= 11 is 0. The molecule has 2 aliphatic carbocycles. The van der Waals surface area contributed by atoms with E-state index in [1.807, 2.05) is 72.8 Å². The summed E-state index contributed by atoms with van der Waals surface area (Å²) in [7, 11) is 0. The Morgan fingerprint density at radius 2 is 1.18 bits per heavy atom. The second-order valence-electron chi connectivity index (χ2n) is 13.2. The number of fused-ring (bicyclic) bond motifs is 6. The summed E-state index contributed by atoms with van der Waals surface area (Å²) < 4.78 is 6.44. The van der Waals surface area contributed by atoms with Gasteiger partial charge in [0.15, 0.2) is 17.5 Å². The highest BCUT2D eigenvalue weighted by Crippen LogP contribution is 2.44. The van der Waals surface area contributed by atoms with Crippen LogP contribution in [0.5, 0.6) is 0 Å². The molecule has 51 heavy (non-hydrogen) atoms. The Hall–Kier alpha value is -6.65. The minimum atomic E-state index is 0.337. The fraction of sp³-hybridized carbons (Fsp3) is 0.0426. The van der Waals surface area contributed by atoms with Crippen LogP contribution in [0, 0.1) is 0 Å². The van der Waals surface area contributed by atoms with Crippen molar-refractivity contribution in [2.24, 2.45) is 0 Å². The van der Waals surface area contributed by atoms with Gasteiger partial charge in [-0.05, 0) is 69.6 Å². The fourth-order valence-electron chi connectivity index (χ4n) is 7.54. The van der Waals surface area contributed by atoms with Crippen molar-refractivity contribution in [3.63, 3.8) is 0 Å². The van der Waals surface area contributed by atoms with Crippen LogP contribution in [-0.4, -0.2) is 15.0 Å². The van der Waals surface area contributed by atoms with Crippen molar-refractivity contribution < 1.29 is 4.42 Å². The second-order valence-corrected chi connectivity index (χ2v) is 13.2. The zero-order valence-electron chi connectivity index (χ0n) is 27.7. The summed E-state index contributed by atoms with van der Waals surface area (Å²) in [6.45, 7) is 0. The number of hydrogen-bond donors (Lipinski definition) is 0.